The van der Waals surface area contributed by atoms with E-state index in [1.54, 1.807) is 0 Å². The molecule has 0 aromatic heterocycles. The first kappa shape index (κ1) is 6.59. The Labute approximate surface area is 61.0 Å². The molecule has 0 bridgehead atoms. The molecule has 10 heavy (non-hydrogen) atoms. The van der Waals surface area contributed by atoms with E-state index in [0.29, 0.717) is 6.04 Å². The number of fused-ring (bicyclic) bond motifs is 1. The average molecular weight is 143 g/mol. The van der Waals surface area contributed by atoms with Crippen molar-refractivity contribution in [2.24, 2.45) is 5.92 Å². The molecule has 0 aromatic carbocycles. The Bertz CT molecular complexity index is 126. The maximum atomic E-state index is 12.8. The van der Waals surface area contributed by atoms with E-state index < -0.39 is 6.17 Å². The van der Waals surface area contributed by atoms with Crippen LogP contribution in [0.4, 0.5) is 4.39 Å². The average Bonchev–Trinajstić information content (AvgIpc) is 2.33. The van der Waals surface area contributed by atoms with Gasteiger partial charge in [-0.2, -0.15) is 0 Å². The lowest BCUT2D eigenvalue weighted by Crippen LogP contribution is -2.34. The Morgan fingerprint density at radius 3 is 3.00 bits per heavy atom. The number of alkyl halides is 1. The van der Waals surface area contributed by atoms with Gasteiger partial charge in [-0.1, -0.05) is 0 Å². The molecule has 1 saturated heterocycles. The molecule has 0 radical (unpaired) electrons. The third-order valence-electron chi connectivity index (χ3n) is 2.85. The van der Waals surface area contributed by atoms with Gasteiger partial charge in [0.2, 0.25) is 0 Å². The van der Waals surface area contributed by atoms with Gasteiger partial charge in [0.1, 0.15) is 6.17 Å². The molecule has 58 valence electrons. The van der Waals surface area contributed by atoms with Crippen LogP contribution in [0, 0.1) is 5.92 Å². The molecule has 1 N–H and O–H groups in total. The van der Waals surface area contributed by atoms with Gasteiger partial charge in [-0.3, -0.25) is 0 Å². The third-order valence-corrected chi connectivity index (χ3v) is 2.85. The highest BCUT2D eigenvalue weighted by atomic mass is 19.1. The molecule has 2 heteroatoms. The number of halogens is 1. The van der Waals surface area contributed by atoms with Crippen LogP contribution >= 0.6 is 0 Å². The van der Waals surface area contributed by atoms with Crippen molar-refractivity contribution in [3.63, 3.8) is 0 Å². The molecule has 2 fully saturated rings. The summed E-state index contributed by atoms with van der Waals surface area (Å²) >= 11 is 0. The summed E-state index contributed by atoms with van der Waals surface area (Å²) in [4.78, 5) is 0. The van der Waals surface area contributed by atoms with Crippen LogP contribution in [0.2, 0.25) is 0 Å². The SMILES string of the molecule is F[C@H]1CC[C@H]2CCN[C@H]2C1. The molecule has 1 aliphatic carbocycles. The highest BCUT2D eigenvalue weighted by molar-refractivity contribution is 4.89. The van der Waals surface area contributed by atoms with Crippen LogP contribution in [0.5, 0.6) is 0 Å². The van der Waals surface area contributed by atoms with Gasteiger partial charge in [0.15, 0.2) is 0 Å². The van der Waals surface area contributed by atoms with Crippen molar-refractivity contribution in [3.05, 3.63) is 0 Å². The first-order valence-electron chi connectivity index (χ1n) is 4.24. The zero-order chi connectivity index (χ0) is 6.97. The smallest absolute Gasteiger partial charge is 0.102 e. The fraction of sp³-hybridized carbons (Fsp3) is 1.00. The summed E-state index contributed by atoms with van der Waals surface area (Å²) in [5, 5.41) is 3.35. The highest BCUT2D eigenvalue weighted by Gasteiger charge is 2.33. The van der Waals surface area contributed by atoms with Crippen LogP contribution in [0.25, 0.3) is 0 Å². The topological polar surface area (TPSA) is 12.0 Å². The third kappa shape index (κ3) is 1.05. The Balaban J connectivity index is 1.96. The second kappa shape index (κ2) is 2.50. The second-order valence-electron chi connectivity index (χ2n) is 3.52. The van der Waals surface area contributed by atoms with Crippen molar-refractivity contribution < 1.29 is 4.39 Å². The van der Waals surface area contributed by atoms with E-state index in [1.807, 2.05) is 0 Å². The quantitative estimate of drug-likeness (QED) is 0.541. The predicted octanol–water partition coefficient (Wildman–Crippen LogP) is 1.49. The standard InChI is InChI=1S/C8H14FN/c9-7-2-1-6-3-4-10-8(6)5-7/h6-8,10H,1-5H2/t6-,7-,8-/m0/s1. The molecule has 1 aliphatic heterocycles. The Hall–Kier alpha value is -0.110. The van der Waals surface area contributed by atoms with Crippen molar-refractivity contribution in [2.45, 2.75) is 37.9 Å². The number of hydrogen-bond acceptors (Lipinski definition) is 1. The van der Waals surface area contributed by atoms with Crippen molar-refractivity contribution >= 4 is 0 Å². The lowest BCUT2D eigenvalue weighted by molar-refractivity contribution is 0.189. The minimum absolute atomic E-state index is 0.517. The summed E-state index contributed by atoms with van der Waals surface area (Å²) in [5.41, 5.74) is 0. The van der Waals surface area contributed by atoms with Gasteiger partial charge in [-0.25, -0.2) is 4.39 Å². The summed E-state index contributed by atoms with van der Waals surface area (Å²) in [6.45, 7) is 1.11. The Kier molecular flexibility index (Phi) is 1.65. The molecule has 2 rings (SSSR count). The zero-order valence-corrected chi connectivity index (χ0v) is 6.15. The van der Waals surface area contributed by atoms with E-state index in [4.69, 9.17) is 0 Å². The molecular formula is C8H14FN. The summed E-state index contributed by atoms with van der Waals surface area (Å²) in [6.07, 6.45) is 3.44. The van der Waals surface area contributed by atoms with E-state index in [-0.39, 0.29) is 0 Å². The predicted molar refractivity (Wildman–Crippen MR) is 38.6 cm³/mol. The lowest BCUT2D eigenvalue weighted by atomic mass is 9.84. The number of rotatable bonds is 0. The minimum atomic E-state index is -0.521. The molecule has 0 aromatic rings. The van der Waals surface area contributed by atoms with Crippen LogP contribution in [0.15, 0.2) is 0 Å². The molecule has 0 spiro atoms. The Morgan fingerprint density at radius 1 is 1.20 bits per heavy atom. The van der Waals surface area contributed by atoms with Crippen LogP contribution in [0.3, 0.4) is 0 Å². The molecule has 0 amide bonds. The van der Waals surface area contributed by atoms with Crippen molar-refractivity contribution in [2.75, 3.05) is 6.54 Å². The first-order chi connectivity index (χ1) is 4.86. The van der Waals surface area contributed by atoms with E-state index in [1.165, 1.54) is 6.42 Å². The molecular weight excluding hydrogens is 129 g/mol. The van der Waals surface area contributed by atoms with Crippen LogP contribution < -0.4 is 5.32 Å². The summed E-state index contributed by atoms with van der Waals surface area (Å²) < 4.78 is 12.8. The maximum Gasteiger partial charge on any atom is 0.102 e. The highest BCUT2D eigenvalue weighted by Crippen LogP contribution is 2.31. The second-order valence-corrected chi connectivity index (χ2v) is 3.52. The first-order valence-corrected chi connectivity index (χ1v) is 4.24. The summed E-state index contributed by atoms with van der Waals surface area (Å²) in [6, 6.07) is 0.517. The fourth-order valence-corrected chi connectivity index (χ4v) is 2.23. The Morgan fingerprint density at radius 2 is 2.10 bits per heavy atom. The van der Waals surface area contributed by atoms with Crippen molar-refractivity contribution in [3.8, 4) is 0 Å². The van der Waals surface area contributed by atoms with Gasteiger partial charge in [0.25, 0.3) is 0 Å². The van der Waals surface area contributed by atoms with E-state index >= 15 is 0 Å². The van der Waals surface area contributed by atoms with Crippen molar-refractivity contribution in [1.82, 2.24) is 5.32 Å². The van der Waals surface area contributed by atoms with Gasteiger partial charge >= 0.3 is 0 Å². The van der Waals surface area contributed by atoms with Gasteiger partial charge in [-0.05, 0) is 38.1 Å². The molecule has 3 atom stereocenters. The van der Waals surface area contributed by atoms with Gasteiger partial charge in [-0.15, -0.1) is 0 Å². The van der Waals surface area contributed by atoms with Crippen LogP contribution in [-0.2, 0) is 0 Å². The molecule has 1 heterocycles. The van der Waals surface area contributed by atoms with Gasteiger partial charge < -0.3 is 5.32 Å². The molecule has 2 aliphatic rings. The van der Waals surface area contributed by atoms with Crippen molar-refractivity contribution in [1.29, 1.82) is 0 Å². The summed E-state index contributed by atoms with van der Waals surface area (Å²) in [5.74, 6) is 0.798. The van der Waals surface area contributed by atoms with E-state index in [2.05, 4.69) is 5.32 Å². The molecule has 0 unspecified atom stereocenters. The normalized spacial score (nSPS) is 47.1. The van der Waals surface area contributed by atoms with Gasteiger partial charge in [0, 0.05) is 6.04 Å². The number of hydrogen-bond donors (Lipinski definition) is 1. The zero-order valence-electron chi connectivity index (χ0n) is 6.15. The molecule has 1 saturated carbocycles. The maximum absolute atomic E-state index is 12.8. The van der Waals surface area contributed by atoms with Crippen LogP contribution in [-0.4, -0.2) is 18.8 Å². The minimum Gasteiger partial charge on any atom is -0.314 e. The van der Waals surface area contributed by atoms with E-state index in [9.17, 15) is 4.39 Å². The molecule has 1 nitrogen and oxygen atoms in total. The largest absolute Gasteiger partial charge is 0.314 e. The fourth-order valence-electron chi connectivity index (χ4n) is 2.23. The number of nitrogens with one attached hydrogen (secondary N) is 1. The van der Waals surface area contributed by atoms with Gasteiger partial charge in [0.05, 0.1) is 0 Å². The van der Waals surface area contributed by atoms with E-state index in [0.717, 1.165) is 31.7 Å². The lowest BCUT2D eigenvalue weighted by Gasteiger charge is -2.27. The summed E-state index contributed by atoms with van der Waals surface area (Å²) in [7, 11) is 0. The monoisotopic (exact) mass is 143 g/mol. The van der Waals surface area contributed by atoms with Crippen LogP contribution in [0.1, 0.15) is 25.7 Å².